The van der Waals surface area contributed by atoms with Crippen LogP contribution in [0.5, 0.6) is 0 Å². The number of fused-ring (bicyclic) bond motifs is 2. The van der Waals surface area contributed by atoms with Crippen LogP contribution in [0.2, 0.25) is 0 Å². The van der Waals surface area contributed by atoms with Crippen molar-refractivity contribution >= 4 is 18.3 Å². The molecule has 2 aliphatic rings. The molecular weight excluding hydrogens is 328 g/mol. The number of nitrogens with zero attached hydrogens (tertiary/aromatic N) is 5. The van der Waals surface area contributed by atoms with Gasteiger partial charge in [0.05, 0.1) is 5.69 Å². The number of carbonyl (C=O) groups is 1. The second kappa shape index (κ2) is 6.86. The van der Waals surface area contributed by atoms with Gasteiger partial charge in [-0.3, -0.25) is 4.79 Å². The van der Waals surface area contributed by atoms with Crippen LogP contribution in [-0.2, 0) is 0 Å². The molecule has 1 aromatic heterocycles. The lowest BCUT2D eigenvalue weighted by molar-refractivity contribution is 0.0681. The third-order valence-corrected chi connectivity index (χ3v) is 5.04. The molecule has 8 heteroatoms. The lowest BCUT2D eigenvalue weighted by atomic mass is 9.98. The molecule has 128 valence electrons. The number of amides is 1. The Morgan fingerprint density at radius 2 is 1.88 bits per heavy atom. The fourth-order valence-corrected chi connectivity index (χ4v) is 3.75. The standard InChI is InChI=1S/C16H20N6O.ClH/c1-21(15-8-12-4-5-13(9-15)18-12)16(23)11-2-6-14(7-3-11)22-10-17-19-20-22;/h2-3,6-7,10,12-13,15,18H,4-5,8-9H2,1H3;1H. The molecule has 3 heterocycles. The summed E-state index contributed by atoms with van der Waals surface area (Å²) in [5, 5.41) is 14.7. The highest BCUT2D eigenvalue weighted by Crippen LogP contribution is 2.29. The molecule has 1 aromatic carbocycles. The molecule has 2 aliphatic heterocycles. The molecule has 2 aromatic rings. The van der Waals surface area contributed by atoms with Gasteiger partial charge in [-0.1, -0.05) is 0 Å². The zero-order valence-electron chi connectivity index (χ0n) is 13.5. The van der Waals surface area contributed by atoms with E-state index >= 15 is 0 Å². The molecule has 24 heavy (non-hydrogen) atoms. The lowest BCUT2D eigenvalue weighted by Gasteiger charge is -2.35. The van der Waals surface area contributed by atoms with Crippen molar-refractivity contribution in [1.29, 1.82) is 0 Å². The van der Waals surface area contributed by atoms with Crippen LogP contribution in [-0.4, -0.2) is 56.2 Å². The summed E-state index contributed by atoms with van der Waals surface area (Å²) in [4.78, 5) is 14.6. The second-order valence-corrected chi connectivity index (χ2v) is 6.48. The highest BCUT2D eigenvalue weighted by Gasteiger charge is 2.36. The molecule has 2 unspecified atom stereocenters. The third-order valence-electron chi connectivity index (χ3n) is 5.04. The summed E-state index contributed by atoms with van der Waals surface area (Å²) in [5.41, 5.74) is 1.55. The van der Waals surface area contributed by atoms with E-state index in [0.29, 0.717) is 23.7 Å². The van der Waals surface area contributed by atoms with Crippen molar-refractivity contribution in [3.05, 3.63) is 36.2 Å². The summed E-state index contributed by atoms with van der Waals surface area (Å²) in [6.45, 7) is 0. The van der Waals surface area contributed by atoms with Crippen LogP contribution in [0.25, 0.3) is 5.69 Å². The summed E-state index contributed by atoms with van der Waals surface area (Å²) < 4.78 is 1.57. The highest BCUT2D eigenvalue weighted by atomic mass is 35.5. The van der Waals surface area contributed by atoms with Gasteiger partial charge in [0.1, 0.15) is 6.33 Å². The monoisotopic (exact) mass is 348 g/mol. The van der Waals surface area contributed by atoms with Crippen molar-refractivity contribution in [3.63, 3.8) is 0 Å². The number of tetrazole rings is 1. The third kappa shape index (κ3) is 3.14. The summed E-state index contributed by atoms with van der Waals surface area (Å²) in [5.74, 6) is 0.0829. The first-order chi connectivity index (χ1) is 11.2. The van der Waals surface area contributed by atoms with Gasteiger partial charge in [-0.25, -0.2) is 4.68 Å². The van der Waals surface area contributed by atoms with E-state index in [-0.39, 0.29) is 18.3 Å². The lowest BCUT2D eigenvalue weighted by Crippen LogP contribution is -2.48. The second-order valence-electron chi connectivity index (χ2n) is 6.48. The number of hydrogen-bond donors (Lipinski definition) is 1. The van der Waals surface area contributed by atoms with E-state index in [9.17, 15) is 4.79 Å². The van der Waals surface area contributed by atoms with Gasteiger partial charge >= 0.3 is 0 Å². The number of aromatic nitrogens is 4. The van der Waals surface area contributed by atoms with Gasteiger partial charge in [0.15, 0.2) is 0 Å². The van der Waals surface area contributed by atoms with E-state index in [1.54, 1.807) is 4.68 Å². The SMILES string of the molecule is CN(C(=O)c1ccc(-n2cnnn2)cc1)C1CC2CCC(C1)N2.Cl. The quantitative estimate of drug-likeness (QED) is 0.908. The first-order valence-corrected chi connectivity index (χ1v) is 8.07. The van der Waals surface area contributed by atoms with E-state index in [4.69, 9.17) is 0 Å². The molecule has 0 spiro atoms. The Labute approximate surface area is 146 Å². The van der Waals surface area contributed by atoms with Crippen molar-refractivity contribution in [2.45, 2.75) is 43.8 Å². The highest BCUT2D eigenvalue weighted by molar-refractivity contribution is 5.94. The average Bonchev–Trinajstić information content (AvgIpc) is 3.23. The smallest absolute Gasteiger partial charge is 0.253 e. The number of nitrogens with one attached hydrogen (secondary N) is 1. The van der Waals surface area contributed by atoms with Crippen LogP contribution >= 0.6 is 12.4 Å². The predicted molar refractivity (Wildman–Crippen MR) is 91.5 cm³/mol. The first-order valence-electron chi connectivity index (χ1n) is 8.07. The number of benzene rings is 1. The number of halogens is 1. The van der Waals surface area contributed by atoms with Crippen molar-refractivity contribution in [2.75, 3.05) is 7.05 Å². The maximum atomic E-state index is 12.7. The molecule has 4 rings (SSSR count). The van der Waals surface area contributed by atoms with Gasteiger partial charge in [-0.2, -0.15) is 0 Å². The zero-order chi connectivity index (χ0) is 15.8. The van der Waals surface area contributed by atoms with Gasteiger partial charge < -0.3 is 10.2 Å². The Hall–Kier alpha value is -1.99. The molecule has 2 saturated heterocycles. The molecule has 0 saturated carbocycles. The zero-order valence-corrected chi connectivity index (χ0v) is 14.3. The van der Waals surface area contributed by atoms with Crippen LogP contribution < -0.4 is 5.32 Å². The van der Waals surface area contributed by atoms with Crippen molar-refractivity contribution in [2.24, 2.45) is 0 Å². The van der Waals surface area contributed by atoms with Crippen LogP contribution in [0.15, 0.2) is 30.6 Å². The molecule has 0 radical (unpaired) electrons. The molecule has 2 atom stereocenters. The topological polar surface area (TPSA) is 75.9 Å². The minimum Gasteiger partial charge on any atom is -0.339 e. The summed E-state index contributed by atoms with van der Waals surface area (Å²) in [6, 6.07) is 8.90. The molecule has 1 amide bonds. The normalized spacial score (nSPS) is 25.1. The summed E-state index contributed by atoms with van der Waals surface area (Å²) >= 11 is 0. The Morgan fingerprint density at radius 3 is 2.46 bits per heavy atom. The van der Waals surface area contributed by atoms with E-state index in [1.165, 1.54) is 19.2 Å². The number of rotatable bonds is 3. The maximum absolute atomic E-state index is 12.7. The van der Waals surface area contributed by atoms with Gasteiger partial charge in [-0.05, 0) is 60.4 Å². The van der Waals surface area contributed by atoms with Gasteiger partial charge in [0.2, 0.25) is 0 Å². The van der Waals surface area contributed by atoms with Crippen LogP contribution in [0.4, 0.5) is 0 Å². The maximum Gasteiger partial charge on any atom is 0.253 e. The molecule has 1 N–H and O–H groups in total. The number of carbonyl (C=O) groups excluding carboxylic acids is 1. The molecule has 2 fully saturated rings. The van der Waals surface area contributed by atoms with E-state index in [0.717, 1.165) is 18.5 Å². The number of piperidine rings is 1. The van der Waals surface area contributed by atoms with E-state index < -0.39 is 0 Å². The van der Waals surface area contributed by atoms with Crippen LogP contribution in [0.1, 0.15) is 36.0 Å². The van der Waals surface area contributed by atoms with Crippen LogP contribution in [0.3, 0.4) is 0 Å². The fourth-order valence-electron chi connectivity index (χ4n) is 3.75. The van der Waals surface area contributed by atoms with Crippen molar-refractivity contribution in [1.82, 2.24) is 30.4 Å². The summed E-state index contributed by atoms with van der Waals surface area (Å²) in [7, 11) is 1.92. The van der Waals surface area contributed by atoms with Crippen molar-refractivity contribution < 1.29 is 4.79 Å². The molecule has 2 bridgehead atoms. The minimum absolute atomic E-state index is 0. The molecular formula is C16H21ClN6O. The van der Waals surface area contributed by atoms with Gasteiger partial charge in [0.25, 0.3) is 5.91 Å². The summed E-state index contributed by atoms with van der Waals surface area (Å²) in [6.07, 6.45) is 6.13. The number of hydrogen-bond acceptors (Lipinski definition) is 5. The Balaban J connectivity index is 0.00000169. The van der Waals surface area contributed by atoms with E-state index in [2.05, 4.69) is 20.8 Å². The van der Waals surface area contributed by atoms with Crippen molar-refractivity contribution in [3.8, 4) is 5.69 Å². The Morgan fingerprint density at radius 1 is 1.21 bits per heavy atom. The van der Waals surface area contributed by atoms with Gasteiger partial charge in [0, 0.05) is 30.7 Å². The Kier molecular flexibility index (Phi) is 4.82. The average molecular weight is 349 g/mol. The largest absolute Gasteiger partial charge is 0.339 e. The van der Waals surface area contributed by atoms with Gasteiger partial charge in [-0.15, -0.1) is 17.5 Å². The van der Waals surface area contributed by atoms with Crippen LogP contribution in [0, 0.1) is 0 Å². The molecule has 0 aliphatic carbocycles. The first kappa shape index (κ1) is 16.9. The fraction of sp³-hybridized carbons (Fsp3) is 0.500. The minimum atomic E-state index is 0. The van der Waals surface area contributed by atoms with E-state index in [1.807, 2.05) is 36.2 Å². The predicted octanol–water partition coefficient (Wildman–Crippen LogP) is 1.44. The molecule has 7 nitrogen and oxygen atoms in total. The Bertz CT molecular complexity index is 677.